The number of likely N-dealkylation sites (tertiary alicyclic amines) is 1. The predicted molar refractivity (Wildman–Crippen MR) is 93.7 cm³/mol. The summed E-state index contributed by atoms with van der Waals surface area (Å²) < 4.78 is 19.8. The maximum atomic E-state index is 14.3. The van der Waals surface area contributed by atoms with Gasteiger partial charge in [-0.3, -0.25) is 0 Å². The normalized spacial score (nSPS) is 19.4. The first-order valence-corrected chi connectivity index (χ1v) is 8.75. The van der Waals surface area contributed by atoms with E-state index in [2.05, 4.69) is 5.32 Å². The molecule has 0 aromatic heterocycles. The maximum Gasteiger partial charge on any atom is 0.410 e. The molecule has 1 amide bonds. The molecule has 1 N–H and O–H groups in total. The molecule has 1 aliphatic rings. The van der Waals surface area contributed by atoms with Gasteiger partial charge in [-0.15, -0.1) is 0 Å². The van der Waals surface area contributed by atoms with Crippen LogP contribution in [0.4, 0.5) is 9.18 Å². The van der Waals surface area contributed by atoms with E-state index in [-0.39, 0.29) is 23.9 Å². The molecule has 1 aromatic rings. The summed E-state index contributed by atoms with van der Waals surface area (Å²) in [5, 5.41) is 3.73. The molecule has 134 valence electrons. The number of carbonyl (C=O) groups excluding carboxylic acids is 1. The molecule has 1 fully saturated rings. The number of rotatable bonds is 4. The first-order chi connectivity index (χ1) is 11.2. The Labute approximate surface area is 148 Å². The van der Waals surface area contributed by atoms with Crippen LogP contribution in [-0.4, -0.2) is 36.2 Å². The minimum absolute atomic E-state index is 0.133. The van der Waals surface area contributed by atoms with Gasteiger partial charge in [-0.25, -0.2) is 9.18 Å². The van der Waals surface area contributed by atoms with Crippen LogP contribution >= 0.6 is 11.6 Å². The smallest absolute Gasteiger partial charge is 0.410 e. The second-order valence-electron chi connectivity index (χ2n) is 7.18. The van der Waals surface area contributed by atoms with E-state index in [0.717, 1.165) is 13.0 Å². The van der Waals surface area contributed by atoms with E-state index in [4.69, 9.17) is 16.3 Å². The van der Waals surface area contributed by atoms with Gasteiger partial charge in [-0.1, -0.05) is 24.6 Å². The van der Waals surface area contributed by atoms with Crippen molar-refractivity contribution in [1.29, 1.82) is 0 Å². The van der Waals surface area contributed by atoms with Crippen molar-refractivity contribution in [3.63, 3.8) is 0 Å². The minimum atomic E-state index is -0.515. The molecule has 24 heavy (non-hydrogen) atoms. The van der Waals surface area contributed by atoms with Crippen LogP contribution in [0, 0.1) is 11.7 Å². The lowest BCUT2D eigenvalue weighted by atomic mass is 9.92. The van der Waals surface area contributed by atoms with Crippen LogP contribution in [0.3, 0.4) is 0 Å². The van der Waals surface area contributed by atoms with Gasteiger partial charge >= 0.3 is 6.09 Å². The molecule has 4 nitrogen and oxygen atoms in total. The van der Waals surface area contributed by atoms with Crippen LogP contribution in [0.5, 0.6) is 0 Å². The summed E-state index contributed by atoms with van der Waals surface area (Å²) >= 11 is 5.85. The standard InChI is InChI=1S/C18H26ClFN2O2/c1-5-21-16(14-7-6-13(19)10-15(14)20)12-8-9-22(11-12)17(23)24-18(2,3)4/h6-7,10,12,16,21H,5,8-9,11H2,1-4H3. The second kappa shape index (κ2) is 7.70. The Bertz CT molecular complexity index is 589. The van der Waals surface area contributed by atoms with Gasteiger partial charge in [0.15, 0.2) is 0 Å². The van der Waals surface area contributed by atoms with Gasteiger partial charge in [-0.2, -0.15) is 0 Å². The van der Waals surface area contributed by atoms with Gasteiger partial charge in [0.2, 0.25) is 0 Å². The van der Waals surface area contributed by atoms with E-state index in [0.29, 0.717) is 23.7 Å². The van der Waals surface area contributed by atoms with Crippen molar-refractivity contribution in [3.05, 3.63) is 34.6 Å². The predicted octanol–water partition coefficient (Wildman–Crippen LogP) is 4.39. The minimum Gasteiger partial charge on any atom is -0.444 e. The van der Waals surface area contributed by atoms with E-state index in [1.807, 2.05) is 27.7 Å². The number of hydrogen-bond acceptors (Lipinski definition) is 3. The van der Waals surface area contributed by atoms with E-state index in [9.17, 15) is 9.18 Å². The third kappa shape index (κ3) is 4.84. The van der Waals surface area contributed by atoms with Crippen LogP contribution < -0.4 is 5.32 Å². The topological polar surface area (TPSA) is 41.6 Å². The largest absolute Gasteiger partial charge is 0.444 e. The number of nitrogens with one attached hydrogen (secondary N) is 1. The van der Waals surface area contributed by atoms with Crippen LogP contribution in [0.15, 0.2) is 18.2 Å². The Hall–Kier alpha value is -1.33. The van der Waals surface area contributed by atoms with Gasteiger partial charge in [0.05, 0.1) is 0 Å². The summed E-state index contributed by atoms with van der Waals surface area (Å²) in [4.78, 5) is 13.9. The zero-order valence-corrected chi connectivity index (χ0v) is 15.5. The molecular weight excluding hydrogens is 331 g/mol. The van der Waals surface area contributed by atoms with Gasteiger partial charge in [0.1, 0.15) is 11.4 Å². The molecule has 2 unspecified atom stereocenters. The Morgan fingerprint density at radius 1 is 1.50 bits per heavy atom. The molecule has 2 rings (SSSR count). The van der Waals surface area contributed by atoms with Gasteiger partial charge in [0.25, 0.3) is 0 Å². The summed E-state index contributed by atoms with van der Waals surface area (Å²) in [6.07, 6.45) is 0.496. The fourth-order valence-corrected chi connectivity index (χ4v) is 3.21. The lowest BCUT2D eigenvalue weighted by molar-refractivity contribution is 0.0285. The molecule has 0 saturated carbocycles. The van der Waals surface area contributed by atoms with Crippen molar-refractivity contribution >= 4 is 17.7 Å². The summed E-state index contributed by atoms with van der Waals surface area (Å²) in [7, 11) is 0. The molecule has 1 heterocycles. The number of hydrogen-bond donors (Lipinski definition) is 1. The SMILES string of the molecule is CCNC(c1ccc(Cl)cc1F)C1CCN(C(=O)OC(C)(C)C)C1. The summed E-state index contributed by atoms with van der Waals surface area (Å²) in [6, 6.07) is 4.60. The van der Waals surface area contributed by atoms with Crippen molar-refractivity contribution in [3.8, 4) is 0 Å². The molecule has 1 aliphatic heterocycles. The van der Waals surface area contributed by atoms with Crippen molar-refractivity contribution in [2.45, 2.75) is 45.8 Å². The Kier molecular flexibility index (Phi) is 6.10. The lowest BCUT2D eigenvalue weighted by Gasteiger charge is -2.27. The molecule has 0 aliphatic carbocycles. The fraction of sp³-hybridized carbons (Fsp3) is 0.611. The first kappa shape index (κ1) is 19.0. The van der Waals surface area contributed by atoms with E-state index < -0.39 is 5.60 Å². The van der Waals surface area contributed by atoms with Gasteiger partial charge in [0, 0.05) is 29.7 Å². The van der Waals surface area contributed by atoms with Crippen LogP contribution in [0.1, 0.15) is 45.7 Å². The zero-order valence-electron chi connectivity index (χ0n) is 14.7. The monoisotopic (exact) mass is 356 g/mol. The van der Waals surface area contributed by atoms with Gasteiger partial charge < -0.3 is 15.0 Å². The Balaban J connectivity index is 2.11. The number of ether oxygens (including phenoxy) is 1. The van der Waals surface area contributed by atoms with Crippen molar-refractivity contribution in [2.75, 3.05) is 19.6 Å². The molecule has 0 bridgehead atoms. The molecule has 2 atom stereocenters. The zero-order chi connectivity index (χ0) is 17.9. The molecule has 0 spiro atoms. The molecule has 1 aromatic carbocycles. The summed E-state index contributed by atoms with van der Waals surface area (Å²) in [5.74, 6) is -0.183. The maximum absolute atomic E-state index is 14.3. The average Bonchev–Trinajstić information content (AvgIpc) is 2.93. The van der Waals surface area contributed by atoms with Crippen LogP contribution in [-0.2, 0) is 4.74 Å². The number of carbonyl (C=O) groups is 1. The second-order valence-corrected chi connectivity index (χ2v) is 7.61. The molecule has 6 heteroatoms. The van der Waals surface area contributed by atoms with Crippen molar-refractivity contribution in [1.82, 2.24) is 10.2 Å². The van der Waals surface area contributed by atoms with Crippen molar-refractivity contribution in [2.24, 2.45) is 5.92 Å². The van der Waals surface area contributed by atoms with Crippen molar-refractivity contribution < 1.29 is 13.9 Å². The van der Waals surface area contributed by atoms with E-state index >= 15 is 0 Å². The highest BCUT2D eigenvalue weighted by Crippen LogP contribution is 2.33. The number of nitrogens with zero attached hydrogens (tertiary/aromatic N) is 1. The van der Waals surface area contributed by atoms with Gasteiger partial charge in [-0.05, 0) is 51.8 Å². The first-order valence-electron chi connectivity index (χ1n) is 8.37. The lowest BCUT2D eigenvalue weighted by Crippen LogP contribution is -2.37. The summed E-state index contributed by atoms with van der Waals surface area (Å²) in [6.45, 7) is 9.43. The highest BCUT2D eigenvalue weighted by atomic mass is 35.5. The fourth-order valence-electron chi connectivity index (χ4n) is 3.06. The quantitative estimate of drug-likeness (QED) is 0.870. The van der Waals surface area contributed by atoms with Crippen LogP contribution in [0.2, 0.25) is 5.02 Å². The Morgan fingerprint density at radius 2 is 2.21 bits per heavy atom. The van der Waals surface area contributed by atoms with E-state index in [1.54, 1.807) is 17.0 Å². The Morgan fingerprint density at radius 3 is 2.79 bits per heavy atom. The number of halogens is 2. The molecule has 1 saturated heterocycles. The van der Waals surface area contributed by atoms with Crippen LogP contribution in [0.25, 0.3) is 0 Å². The molecular formula is C18H26ClFN2O2. The third-order valence-corrected chi connectivity index (χ3v) is 4.30. The average molecular weight is 357 g/mol. The molecule has 0 radical (unpaired) electrons. The third-order valence-electron chi connectivity index (χ3n) is 4.07. The van der Waals surface area contributed by atoms with E-state index in [1.165, 1.54) is 6.07 Å². The highest BCUT2D eigenvalue weighted by molar-refractivity contribution is 6.30. The number of benzene rings is 1. The number of amides is 1. The summed E-state index contributed by atoms with van der Waals surface area (Å²) in [5.41, 5.74) is 0.0794. The highest BCUT2D eigenvalue weighted by Gasteiger charge is 2.35.